The van der Waals surface area contributed by atoms with Crippen LogP contribution in [0.3, 0.4) is 0 Å². The van der Waals surface area contributed by atoms with Crippen LogP contribution in [0.2, 0.25) is 0 Å². The summed E-state index contributed by atoms with van der Waals surface area (Å²) in [5, 5.41) is 11.4. The van der Waals surface area contributed by atoms with Gasteiger partial charge in [0, 0.05) is 24.9 Å². The van der Waals surface area contributed by atoms with Crippen molar-refractivity contribution in [2.75, 3.05) is 18.0 Å². The van der Waals surface area contributed by atoms with Crippen molar-refractivity contribution >= 4 is 17.0 Å². The highest BCUT2D eigenvalue weighted by Gasteiger charge is 2.11. The molecule has 0 unspecified atom stereocenters. The van der Waals surface area contributed by atoms with E-state index in [1.165, 1.54) is 43.4 Å². The fraction of sp³-hybridized carbons (Fsp3) is 0.474. The minimum absolute atomic E-state index is 0.755. The molecule has 3 nitrogen and oxygen atoms in total. The Bertz CT molecular complexity index is 601. The zero-order valence-electron chi connectivity index (χ0n) is 13.8. The molecule has 0 aliphatic carbocycles. The minimum atomic E-state index is 0.755. The molecule has 0 aliphatic rings. The summed E-state index contributed by atoms with van der Waals surface area (Å²) in [4.78, 5) is 6.58. The van der Waals surface area contributed by atoms with E-state index in [-0.39, 0.29) is 0 Å². The molecule has 2 rings (SSSR count). The Morgan fingerprint density at radius 1 is 1.17 bits per heavy atom. The number of unbranched alkanes of at least 4 members (excludes halogenated alkanes) is 4. The normalized spacial score (nSPS) is 10.4. The monoisotopic (exact) mass is 326 g/mol. The van der Waals surface area contributed by atoms with Crippen LogP contribution in [0.15, 0.2) is 29.6 Å². The molecule has 0 spiro atoms. The second-order valence-electron chi connectivity index (χ2n) is 5.71. The summed E-state index contributed by atoms with van der Waals surface area (Å²) >= 11 is 1.51. The third kappa shape index (κ3) is 5.69. The van der Waals surface area contributed by atoms with Gasteiger partial charge < -0.3 is 4.90 Å². The van der Waals surface area contributed by atoms with Crippen LogP contribution in [0.25, 0.3) is 0 Å². The first-order valence-corrected chi connectivity index (χ1v) is 9.27. The van der Waals surface area contributed by atoms with E-state index < -0.39 is 0 Å². The van der Waals surface area contributed by atoms with E-state index in [1.807, 2.05) is 18.2 Å². The van der Waals surface area contributed by atoms with Gasteiger partial charge in [-0.2, -0.15) is 5.26 Å². The maximum absolute atomic E-state index is 9.37. The Morgan fingerprint density at radius 2 is 2.00 bits per heavy atom. The van der Waals surface area contributed by atoms with Crippen LogP contribution in [0.4, 0.5) is 5.69 Å². The lowest BCUT2D eigenvalue weighted by Gasteiger charge is -2.25. The van der Waals surface area contributed by atoms with Crippen molar-refractivity contribution in [3.63, 3.8) is 0 Å². The molecule has 1 aromatic carbocycles. The second-order valence-corrected chi connectivity index (χ2v) is 6.36. The highest BCUT2D eigenvalue weighted by atomic mass is 32.1. The van der Waals surface area contributed by atoms with E-state index in [2.05, 4.69) is 39.8 Å². The summed E-state index contributed by atoms with van der Waals surface area (Å²) in [6.07, 6.45) is 7.19. The van der Waals surface area contributed by atoms with Gasteiger partial charge in [-0.05, 0) is 18.6 Å². The fourth-order valence-corrected chi connectivity index (χ4v) is 3.20. The number of anilines is 1. The van der Waals surface area contributed by atoms with E-state index >= 15 is 0 Å². The minimum Gasteiger partial charge on any atom is -0.370 e. The number of thiazole rings is 1. The molecule has 0 bridgehead atoms. The number of hydrogen-bond donors (Lipinski definition) is 0. The van der Waals surface area contributed by atoms with Crippen molar-refractivity contribution in [2.24, 2.45) is 0 Å². The first kappa shape index (κ1) is 17.5. The predicted molar refractivity (Wildman–Crippen MR) is 96.8 cm³/mol. The molecule has 23 heavy (non-hydrogen) atoms. The highest BCUT2D eigenvalue weighted by Crippen LogP contribution is 2.21. The number of hydrogen-bond acceptors (Lipinski definition) is 4. The topological polar surface area (TPSA) is 39.9 Å². The maximum Gasteiger partial charge on any atom is 0.152 e. The summed E-state index contributed by atoms with van der Waals surface area (Å²) in [6, 6.07) is 10.2. The zero-order valence-corrected chi connectivity index (χ0v) is 14.6. The molecule has 2 aromatic rings. The predicted octanol–water partition coefficient (Wildman–Crippen LogP) is 4.83. The summed E-state index contributed by atoms with van der Waals surface area (Å²) in [7, 11) is 0. The van der Waals surface area contributed by atoms with Gasteiger partial charge >= 0.3 is 0 Å². The van der Waals surface area contributed by atoms with Crippen molar-refractivity contribution in [1.82, 2.24) is 4.98 Å². The number of nitrogens with zero attached hydrogens (tertiary/aromatic N) is 3. The molecule has 1 radical (unpaired) electrons. The molecular formula is C19H24N3S. The lowest BCUT2D eigenvalue weighted by atomic mass is 10.1. The van der Waals surface area contributed by atoms with Crippen LogP contribution >= 0.6 is 11.3 Å². The summed E-state index contributed by atoms with van der Waals surface area (Å²) < 4.78 is 0. The number of rotatable bonds is 10. The van der Waals surface area contributed by atoms with Gasteiger partial charge in [-0.1, -0.05) is 44.7 Å². The van der Waals surface area contributed by atoms with E-state index in [1.54, 1.807) is 0 Å². The number of aromatic nitrogens is 1. The van der Waals surface area contributed by atoms with Gasteiger partial charge in [-0.25, -0.2) is 4.98 Å². The van der Waals surface area contributed by atoms with Gasteiger partial charge in [0.05, 0.1) is 16.9 Å². The van der Waals surface area contributed by atoms with Crippen molar-refractivity contribution in [3.05, 3.63) is 46.4 Å². The Labute approximate surface area is 143 Å². The molecule has 4 heteroatoms. The van der Waals surface area contributed by atoms with E-state index in [0.717, 1.165) is 36.5 Å². The Balaban J connectivity index is 1.99. The van der Waals surface area contributed by atoms with E-state index in [4.69, 9.17) is 0 Å². The molecule has 0 amide bonds. The zero-order chi connectivity index (χ0) is 16.3. The van der Waals surface area contributed by atoms with Crippen LogP contribution < -0.4 is 4.90 Å². The van der Waals surface area contributed by atoms with Gasteiger partial charge in [0.15, 0.2) is 5.51 Å². The van der Waals surface area contributed by atoms with Crippen LogP contribution in [0, 0.1) is 16.8 Å². The molecule has 0 aliphatic heterocycles. The lowest BCUT2D eigenvalue weighted by Crippen LogP contribution is -2.27. The standard InChI is InChI=1S/C19H24N3S/c1-2-3-4-5-8-12-22(13-11-18-15-23-16-21-18)19-10-7-6-9-17(19)14-20/h6-7,9-10,15H,2-5,8,11-13H2,1H3. The number of benzene rings is 1. The van der Waals surface area contributed by atoms with Crippen LogP contribution in [-0.2, 0) is 6.42 Å². The Morgan fingerprint density at radius 3 is 2.74 bits per heavy atom. The van der Waals surface area contributed by atoms with Crippen molar-refractivity contribution in [2.45, 2.75) is 45.4 Å². The highest BCUT2D eigenvalue weighted by molar-refractivity contribution is 7.07. The van der Waals surface area contributed by atoms with Gasteiger partial charge in [-0.3, -0.25) is 0 Å². The third-order valence-corrected chi connectivity index (χ3v) is 4.56. The van der Waals surface area contributed by atoms with Crippen LogP contribution in [0.1, 0.15) is 50.3 Å². The van der Waals surface area contributed by atoms with Crippen molar-refractivity contribution in [3.8, 4) is 6.07 Å². The molecule has 0 fully saturated rings. The van der Waals surface area contributed by atoms with Gasteiger partial charge in [-0.15, -0.1) is 11.3 Å². The summed E-state index contributed by atoms with van der Waals surface area (Å²) in [5.41, 5.74) is 5.79. The fourth-order valence-electron chi connectivity index (χ4n) is 2.67. The first-order valence-electron chi connectivity index (χ1n) is 8.39. The Hall–Kier alpha value is -1.86. The third-order valence-electron chi connectivity index (χ3n) is 3.97. The molecule has 0 saturated heterocycles. The number of para-hydroxylation sites is 1. The van der Waals surface area contributed by atoms with E-state index in [0.29, 0.717) is 0 Å². The average molecular weight is 326 g/mol. The van der Waals surface area contributed by atoms with Crippen molar-refractivity contribution in [1.29, 1.82) is 5.26 Å². The Kier molecular flexibility index (Phi) is 7.62. The smallest absolute Gasteiger partial charge is 0.152 e. The molecule has 1 heterocycles. The first-order chi connectivity index (χ1) is 11.3. The molecule has 121 valence electrons. The number of nitriles is 1. The summed E-state index contributed by atoms with van der Waals surface area (Å²) in [5.74, 6) is 0. The van der Waals surface area contributed by atoms with Crippen LogP contribution in [-0.4, -0.2) is 18.1 Å². The SMILES string of the molecule is CCCCCCCN(CCc1cs[c]n1)c1ccccc1C#N. The molecule has 0 N–H and O–H groups in total. The second kappa shape index (κ2) is 10.0. The van der Waals surface area contributed by atoms with Gasteiger partial charge in [0.25, 0.3) is 0 Å². The molecule has 1 aromatic heterocycles. The molecular weight excluding hydrogens is 302 g/mol. The quantitative estimate of drug-likeness (QED) is 0.587. The molecule has 0 saturated carbocycles. The molecule has 0 atom stereocenters. The average Bonchev–Trinajstić information content (AvgIpc) is 3.11. The lowest BCUT2D eigenvalue weighted by molar-refractivity contribution is 0.616. The van der Waals surface area contributed by atoms with Crippen LogP contribution in [0.5, 0.6) is 0 Å². The van der Waals surface area contributed by atoms with Crippen molar-refractivity contribution < 1.29 is 0 Å². The van der Waals surface area contributed by atoms with Gasteiger partial charge in [0.1, 0.15) is 6.07 Å². The maximum atomic E-state index is 9.37. The summed E-state index contributed by atoms with van der Waals surface area (Å²) in [6.45, 7) is 4.13. The van der Waals surface area contributed by atoms with E-state index in [9.17, 15) is 5.26 Å². The largest absolute Gasteiger partial charge is 0.370 e. The van der Waals surface area contributed by atoms with Gasteiger partial charge in [0.2, 0.25) is 0 Å².